The van der Waals surface area contributed by atoms with E-state index in [2.05, 4.69) is 299 Å². The topological polar surface area (TPSA) is 36.9 Å². The predicted octanol–water partition coefficient (Wildman–Crippen LogP) is 28.7. The summed E-state index contributed by atoms with van der Waals surface area (Å²) in [6, 6.07) is 68.2. The summed E-state index contributed by atoms with van der Waals surface area (Å²) in [7, 11) is -0.698. The third-order valence-corrected chi connectivity index (χ3v) is 29.0. The molecule has 0 amide bonds. The standard InChI is InChI=1S/C56H68Br2.C49H62B2O4/c1-9-11-13-15-17-19-33-55(34-20-18-16-14-12-10-2)49-35-43(57)29-31-45(49)47-38-52-48(37-50(47)55)46-32-30-44(58)36-51(46)56(52,41-25-21-39(22-26-41)53(3,4)5)42-27-23-40(24-28-42)54(6,7)8;1-7-11-13-15-25-47(5,9-3)35-17-21-39-40-22-18-36(48(6,10-4)26-16-14-12-8-2)32-44(40)49(43(39)31-35)45-33-37(50-52-27-28-53-50)19-23-41(45)42-24-20-38(34-46(42)49)51-54-29-30-55-51/h21-32,35-38H,9-20,33-34H2,1-8H3;17-24,31-34H,7-16,25-30H2,1-6H3. The molecule has 6 aliphatic rings. The van der Waals surface area contributed by atoms with Crippen molar-refractivity contribution in [3.8, 4) is 44.5 Å². The summed E-state index contributed by atoms with van der Waals surface area (Å²) in [5.74, 6) is 0. The van der Waals surface area contributed by atoms with Crippen molar-refractivity contribution in [3.63, 3.8) is 0 Å². The van der Waals surface area contributed by atoms with Gasteiger partial charge in [-0.05, 0) is 230 Å². The fraction of sp³-hybridized carbons (Fsp3) is 0.486. The molecular weight excluding hydrogens is 1510 g/mol. The maximum absolute atomic E-state index is 6.16. The summed E-state index contributed by atoms with van der Waals surface area (Å²) in [6.45, 7) is 35.5. The lowest BCUT2D eigenvalue weighted by atomic mass is 9.65. The van der Waals surface area contributed by atoms with Crippen molar-refractivity contribution < 1.29 is 18.6 Å². The Bertz CT molecular complexity index is 4580. The van der Waals surface area contributed by atoms with E-state index < -0.39 is 10.8 Å². The van der Waals surface area contributed by atoms with E-state index in [0.717, 1.165) is 28.2 Å². The van der Waals surface area contributed by atoms with Gasteiger partial charge in [0.15, 0.2) is 0 Å². The van der Waals surface area contributed by atoms with Gasteiger partial charge in [0.05, 0.1) is 37.3 Å². The Kier molecular flexibility index (Phi) is 26.0. The predicted molar refractivity (Wildman–Crippen MR) is 489 cm³/mol. The van der Waals surface area contributed by atoms with E-state index in [9.17, 15) is 0 Å². The molecule has 9 aromatic carbocycles. The molecule has 4 aliphatic carbocycles. The molecule has 113 heavy (non-hydrogen) atoms. The van der Waals surface area contributed by atoms with E-state index in [1.54, 1.807) is 11.1 Å². The second-order valence-electron chi connectivity index (χ2n) is 37.3. The maximum Gasteiger partial charge on any atom is 0.494 e. The van der Waals surface area contributed by atoms with E-state index >= 15 is 0 Å². The van der Waals surface area contributed by atoms with Crippen molar-refractivity contribution in [2.45, 2.75) is 302 Å². The summed E-state index contributed by atoms with van der Waals surface area (Å²) < 4.78 is 27.0. The van der Waals surface area contributed by atoms with E-state index in [-0.39, 0.29) is 41.3 Å². The number of hydrogen-bond acceptors (Lipinski definition) is 4. The molecule has 2 atom stereocenters. The van der Waals surface area contributed by atoms with Crippen LogP contribution in [0.3, 0.4) is 0 Å². The second kappa shape index (κ2) is 35.2. The van der Waals surface area contributed by atoms with Crippen LogP contribution in [0.1, 0.15) is 342 Å². The zero-order chi connectivity index (χ0) is 79.5. The summed E-state index contributed by atoms with van der Waals surface area (Å²) >= 11 is 7.96. The van der Waals surface area contributed by atoms with Gasteiger partial charge in [-0.3, -0.25) is 0 Å². The molecule has 2 saturated heterocycles. The van der Waals surface area contributed by atoms with Crippen LogP contribution in [0.5, 0.6) is 0 Å². The van der Waals surface area contributed by atoms with Crippen molar-refractivity contribution in [3.05, 3.63) is 257 Å². The molecule has 0 aromatic heterocycles. The summed E-state index contributed by atoms with van der Waals surface area (Å²) in [5, 5.41) is 0. The average molecular weight is 1640 g/mol. The van der Waals surface area contributed by atoms with Gasteiger partial charge in [0, 0.05) is 14.4 Å². The summed E-state index contributed by atoms with van der Waals surface area (Å²) in [4.78, 5) is 0. The Morgan fingerprint density at radius 3 is 1.00 bits per heavy atom. The van der Waals surface area contributed by atoms with Crippen LogP contribution < -0.4 is 10.9 Å². The lowest BCUT2D eigenvalue weighted by Crippen LogP contribution is -2.36. The van der Waals surface area contributed by atoms with Gasteiger partial charge in [-0.1, -0.05) is 391 Å². The van der Waals surface area contributed by atoms with Crippen LogP contribution in [0.4, 0.5) is 0 Å². The minimum absolute atomic E-state index is 0.00246. The van der Waals surface area contributed by atoms with Gasteiger partial charge < -0.3 is 18.6 Å². The van der Waals surface area contributed by atoms with Crippen LogP contribution in [0.15, 0.2) is 179 Å². The first-order chi connectivity index (χ1) is 54.6. The van der Waals surface area contributed by atoms with Gasteiger partial charge in [-0.25, -0.2) is 0 Å². The summed E-state index contributed by atoms with van der Waals surface area (Å²) in [5.41, 5.74) is 32.2. The lowest BCUT2D eigenvalue weighted by Gasteiger charge is -2.36. The van der Waals surface area contributed by atoms with Crippen LogP contribution in [0, 0.1) is 0 Å². The molecule has 0 saturated carbocycles. The normalized spacial score (nSPS) is 16.7. The molecule has 2 heterocycles. The smallest absolute Gasteiger partial charge is 0.405 e. The number of hydrogen-bond donors (Lipinski definition) is 0. The molecule has 2 aliphatic heterocycles. The second-order valence-corrected chi connectivity index (χ2v) is 39.2. The monoisotopic (exact) mass is 1630 g/mol. The Morgan fingerprint density at radius 1 is 0.292 bits per heavy atom. The molecule has 0 N–H and O–H groups in total. The molecule has 1 spiro atoms. The van der Waals surface area contributed by atoms with E-state index in [1.165, 1.54) is 270 Å². The highest BCUT2D eigenvalue weighted by molar-refractivity contribution is 9.10. The van der Waals surface area contributed by atoms with Crippen molar-refractivity contribution >= 4 is 57.0 Å². The Balaban J connectivity index is 0.000000188. The van der Waals surface area contributed by atoms with E-state index in [0.29, 0.717) is 26.4 Å². The molecule has 8 heteroatoms. The number of rotatable bonds is 32. The van der Waals surface area contributed by atoms with Crippen LogP contribution >= 0.6 is 31.9 Å². The Labute approximate surface area is 699 Å². The number of halogens is 2. The van der Waals surface area contributed by atoms with Crippen LogP contribution in [0.2, 0.25) is 0 Å². The largest absolute Gasteiger partial charge is 0.494 e. The van der Waals surface area contributed by atoms with Gasteiger partial charge in [0.25, 0.3) is 0 Å². The van der Waals surface area contributed by atoms with Gasteiger partial charge in [0.2, 0.25) is 0 Å². The average Bonchev–Trinajstić information content (AvgIpc) is 1.51. The van der Waals surface area contributed by atoms with E-state index in [4.69, 9.17) is 18.6 Å². The van der Waals surface area contributed by atoms with Crippen molar-refractivity contribution in [2.24, 2.45) is 0 Å². The lowest BCUT2D eigenvalue weighted by molar-refractivity contribution is 0.365. The number of unbranched alkanes of at least 4 members (excludes halogenated alkanes) is 16. The van der Waals surface area contributed by atoms with Gasteiger partial charge in [-0.15, -0.1) is 0 Å². The molecule has 4 nitrogen and oxygen atoms in total. The summed E-state index contributed by atoms with van der Waals surface area (Å²) in [6.07, 6.45) is 33.2. The highest BCUT2D eigenvalue weighted by atomic mass is 79.9. The van der Waals surface area contributed by atoms with Crippen LogP contribution in [-0.2, 0) is 56.5 Å². The van der Waals surface area contributed by atoms with Crippen molar-refractivity contribution in [1.82, 2.24) is 0 Å². The fourth-order valence-corrected chi connectivity index (χ4v) is 21.6. The minimum atomic E-state index is -0.516. The fourth-order valence-electron chi connectivity index (χ4n) is 20.9. The first-order valence-electron chi connectivity index (χ1n) is 44.6. The molecule has 2 unspecified atom stereocenters. The van der Waals surface area contributed by atoms with Crippen LogP contribution in [-0.4, -0.2) is 40.7 Å². The molecule has 0 radical (unpaired) electrons. The molecule has 15 rings (SSSR count). The molecule has 9 aromatic rings. The van der Waals surface area contributed by atoms with Crippen molar-refractivity contribution in [1.29, 1.82) is 0 Å². The van der Waals surface area contributed by atoms with Gasteiger partial charge in [0.1, 0.15) is 0 Å². The third kappa shape index (κ3) is 15.9. The van der Waals surface area contributed by atoms with Crippen LogP contribution in [0.25, 0.3) is 44.5 Å². The zero-order valence-corrected chi connectivity index (χ0v) is 74.6. The SMILES string of the molecule is CCCCCCC(C)(CC)c1ccc2c(c1)C1(c3cc(B4OCCO4)ccc3-c3ccc(B4OCCO4)cc31)c1cc(C(C)(CC)CCCCCC)ccc1-2.CCCCCCCCC1(CCCCCCCC)c2cc(Br)ccc2-c2cc3c(cc21)-c1ccc(Br)cc1C3(c1ccc(C(C)(C)C)cc1)c1ccc(C(C)(C)C)cc1. The highest BCUT2D eigenvalue weighted by Gasteiger charge is 2.55. The third-order valence-electron chi connectivity index (χ3n) is 28.1. The van der Waals surface area contributed by atoms with E-state index in [1.807, 2.05) is 0 Å². The molecule has 0 bridgehead atoms. The molecule has 2 fully saturated rings. The first-order valence-corrected chi connectivity index (χ1v) is 46.2. The quantitative estimate of drug-likeness (QED) is 0.0311. The molecular formula is C105H130B2Br2O4. The first kappa shape index (κ1) is 83.4. The van der Waals surface area contributed by atoms with Gasteiger partial charge >= 0.3 is 14.2 Å². The van der Waals surface area contributed by atoms with Gasteiger partial charge in [-0.2, -0.15) is 0 Å². The minimum Gasteiger partial charge on any atom is -0.405 e. The molecule has 594 valence electrons. The zero-order valence-electron chi connectivity index (χ0n) is 71.4. The Morgan fingerprint density at radius 2 is 0.593 bits per heavy atom. The van der Waals surface area contributed by atoms with Crippen molar-refractivity contribution in [2.75, 3.05) is 26.4 Å². The number of benzene rings is 9. The maximum atomic E-state index is 6.16. The number of fused-ring (bicyclic) bond motifs is 16. The highest BCUT2D eigenvalue weighted by Crippen LogP contribution is 2.66. The Hall–Kier alpha value is -6.09.